The average molecular weight is 1100 g/mol. The Morgan fingerprint density at radius 1 is 0.373 bits per heavy atom. The third kappa shape index (κ3) is 10.8. The highest BCUT2D eigenvalue weighted by atomic mass is 127. The predicted molar refractivity (Wildman–Crippen MR) is 334 cm³/mol. The lowest BCUT2D eigenvalue weighted by Crippen LogP contribution is -2.24. The second-order valence-electron chi connectivity index (χ2n) is 24.9. The lowest BCUT2D eigenvalue weighted by atomic mass is 9.72. The zero-order valence-electron chi connectivity index (χ0n) is 46.4. The molecule has 0 saturated carbocycles. The van der Waals surface area contributed by atoms with Crippen LogP contribution in [0, 0.1) is 3.57 Å². The summed E-state index contributed by atoms with van der Waals surface area (Å²) in [5.41, 5.74) is 21.8. The van der Waals surface area contributed by atoms with Crippen molar-refractivity contribution in [1.82, 2.24) is 19.9 Å². The lowest BCUT2D eigenvalue weighted by molar-refractivity contribution is 0.442. The summed E-state index contributed by atoms with van der Waals surface area (Å²) in [6.07, 6.45) is 17.3. The van der Waals surface area contributed by atoms with Gasteiger partial charge in [-0.15, -0.1) is 19.7 Å². The van der Waals surface area contributed by atoms with Gasteiger partial charge in [0, 0.05) is 53.3 Å². The monoisotopic (exact) mass is 1100 g/mol. The molecule has 2 aliphatic rings. The van der Waals surface area contributed by atoms with E-state index in [1.165, 1.54) is 31.4 Å². The molecule has 0 aliphatic carbocycles. The van der Waals surface area contributed by atoms with Crippen LogP contribution in [0.25, 0.3) is 90.9 Å². The van der Waals surface area contributed by atoms with E-state index in [9.17, 15) is 0 Å². The maximum Gasteiger partial charge on any atom is 0.0738 e. The van der Waals surface area contributed by atoms with Crippen molar-refractivity contribution in [2.45, 2.75) is 129 Å². The molecular weight excluding hydrogens is 1020 g/mol. The molecule has 9 rings (SSSR count). The van der Waals surface area contributed by atoms with Crippen molar-refractivity contribution in [3.8, 4) is 44.5 Å². The summed E-state index contributed by atoms with van der Waals surface area (Å²) in [6.45, 7) is 40.2. The van der Waals surface area contributed by atoms with Gasteiger partial charge in [-0.2, -0.15) is 0 Å². The van der Waals surface area contributed by atoms with E-state index >= 15 is 0 Å². The van der Waals surface area contributed by atoms with Gasteiger partial charge in [-0.3, -0.25) is 0 Å². The summed E-state index contributed by atoms with van der Waals surface area (Å²) in [5.74, 6) is 0. The molecule has 8 bridgehead atoms. The maximum atomic E-state index is 5.72. The number of benzene rings is 4. The number of aromatic nitrogens is 4. The minimum absolute atomic E-state index is 0.0927. The van der Waals surface area contributed by atoms with Gasteiger partial charge in [-0.05, 0) is 174 Å². The Morgan fingerprint density at radius 2 is 0.680 bits per heavy atom. The summed E-state index contributed by atoms with van der Waals surface area (Å²) in [4.78, 5) is 19.5. The second kappa shape index (κ2) is 20.2. The van der Waals surface area contributed by atoms with Crippen molar-refractivity contribution in [1.29, 1.82) is 0 Å². The standard InChI is InChI=1S/C70H75IN4/c1-16-35-70(36-17-2,37-18-3)48-23-19-44(20-24-48)62-54-27-31-58(72-54)64(46-38-49(66(4,5)6)42-50(39-46)67(7,8)9)60-33-29-56(74-60)63(45-21-25-53(71)26-22-45)57-30-34-61(75-57)65(59-32-28-55(62)73-59)47-40-51(68(10,11)12)43-52(41-47)69(13,14)15/h16-34,38-43,74-75H,1-3,35-37H2,4-15H3. The van der Waals surface area contributed by atoms with E-state index in [1.54, 1.807) is 0 Å². The molecule has 5 heteroatoms. The van der Waals surface area contributed by atoms with E-state index in [2.05, 4.69) is 269 Å². The van der Waals surface area contributed by atoms with Gasteiger partial charge in [0.15, 0.2) is 0 Å². The van der Waals surface area contributed by atoms with Crippen LogP contribution in [0.2, 0.25) is 0 Å². The molecule has 0 unspecified atom stereocenters. The fourth-order valence-corrected chi connectivity index (χ4v) is 11.1. The molecule has 75 heavy (non-hydrogen) atoms. The summed E-state index contributed by atoms with van der Waals surface area (Å²) < 4.78 is 1.18. The van der Waals surface area contributed by atoms with Gasteiger partial charge in [0.2, 0.25) is 0 Å². The zero-order valence-corrected chi connectivity index (χ0v) is 48.6. The van der Waals surface area contributed by atoms with Crippen LogP contribution >= 0.6 is 22.6 Å². The van der Waals surface area contributed by atoms with Crippen LogP contribution in [0.4, 0.5) is 0 Å². The Bertz CT molecular complexity index is 3330. The zero-order chi connectivity index (χ0) is 53.8. The molecule has 7 aromatic rings. The highest BCUT2D eigenvalue weighted by Crippen LogP contribution is 2.44. The summed E-state index contributed by atoms with van der Waals surface area (Å²) in [5, 5.41) is 0. The third-order valence-corrected chi connectivity index (χ3v) is 15.9. The number of halogens is 1. The number of hydrogen-bond acceptors (Lipinski definition) is 2. The third-order valence-electron chi connectivity index (χ3n) is 15.2. The topological polar surface area (TPSA) is 57.4 Å². The molecule has 3 aromatic heterocycles. The fourth-order valence-electron chi connectivity index (χ4n) is 10.7. The lowest BCUT2D eigenvalue weighted by Gasteiger charge is -2.32. The fraction of sp³-hybridized carbons (Fsp3) is 0.286. The van der Waals surface area contributed by atoms with Crippen LogP contribution in [0.3, 0.4) is 0 Å². The number of aromatic amines is 2. The first-order chi connectivity index (χ1) is 35.4. The van der Waals surface area contributed by atoms with Crippen LogP contribution in [-0.2, 0) is 27.1 Å². The van der Waals surface area contributed by atoms with Crippen molar-refractivity contribution >= 4 is 69.0 Å². The molecule has 0 spiro atoms. The van der Waals surface area contributed by atoms with Crippen molar-refractivity contribution in [2.24, 2.45) is 0 Å². The van der Waals surface area contributed by atoms with Crippen molar-refractivity contribution in [2.75, 3.05) is 0 Å². The molecule has 4 aromatic carbocycles. The normalized spacial score (nSPS) is 13.1. The van der Waals surface area contributed by atoms with Gasteiger partial charge >= 0.3 is 0 Å². The summed E-state index contributed by atoms with van der Waals surface area (Å²) in [7, 11) is 0. The van der Waals surface area contributed by atoms with E-state index in [4.69, 9.17) is 9.97 Å². The minimum Gasteiger partial charge on any atom is -0.354 e. The van der Waals surface area contributed by atoms with Crippen LogP contribution in [-0.4, -0.2) is 19.9 Å². The van der Waals surface area contributed by atoms with Gasteiger partial charge in [-0.25, -0.2) is 9.97 Å². The SMILES string of the molecule is C=CCC(CC=C)(CC=C)c1ccc(-c2c3nc(c(-c4cc(C(C)(C)C)cc(C(C)(C)C)c4)c4ccc([nH]4)c(-c4ccc(I)cc4)c4ccc([nH]4)c(-c4cc(C(C)(C)C)cc(C(C)(C)C)c4)c4nc2C=C4)C=C3)cc1. The maximum absolute atomic E-state index is 5.72. The van der Waals surface area contributed by atoms with Gasteiger partial charge in [0.25, 0.3) is 0 Å². The molecule has 0 amide bonds. The number of nitrogens with zero attached hydrogens (tertiary/aromatic N) is 2. The Hall–Kier alpha value is -6.57. The summed E-state index contributed by atoms with van der Waals surface area (Å²) >= 11 is 2.40. The van der Waals surface area contributed by atoms with Crippen LogP contribution in [0.5, 0.6) is 0 Å². The van der Waals surface area contributed by atoms with Crippen LogP contribution in [0.15, 0.2) is 147 Å². The number of hydrogen-bond donors (Lipinski definition) is 2. The van der Waals surface area contributed by atoms with Gasteiger partial charge in [0.05, 0.1) is 22.8 Å². The van der Waals surface area contributed by atoms with Crippen molar-refractivity contribution < 1.29 is 0 Å². The molecule has 0 fully saturated rings. The molecule has 0 atom stereocenters. The Kier molecular flexibility index (Phi) is 14.3. The Balaban J connectivity index is 1.47. The van der Waals surface area contributed by atoms with Crippen LogP contribution < -0.4 is 0 Å². The Labute approximate surface area is 461 Å². The highest BCUT2D eigenvalue weighted by Gasteiger charge is 2.30. The number of fused-ring (bicyclic) bond motifs is 8. The molecule has 0 saturated heterocycles. The molecule has 382 valence electrons. The van der Waals surface area contributed by atoms with Gasteiger partial charge < -0.3 is 9.97 Å². The van der Waals surface area contributed by atoms with E-state index in [0.29, 0.717) is 0 Å². The minimum atomic E-state index is -0.193. The molecule has 0 radical (unpaired) electrons. The molecule has 2 aliphatic heterocycles. The first-order valence-corrected chi connectivity index (χ1v) is 27.7. The number of rotatable bonds is 11. The quantitative estimate of drug-likeness (QED) is 0.100. The van der Waals surface area contributed by atoms with E-state index in [1.807, 2.05) is 18.2 Å². The van der Waals surface area contributed by atoms with Gasteiger partial charge in [-0.1, -0.05) is 174 Å². The summed E-state index contributed by atoms with van der Waals surface area (Å²) in [6, 6.07) is 41.2. The Morgan fingerprint density at radius 3 is 1.01 bits per heavy atom. The molecular formula is C70H75IN4. The number of nitrogens with one attached hydrogen (secondary N) is 2. The molecule has 4 nitrogen and oxygen atoms in total. The first kappa shape index (κ1) is 53.3. The van der Waals surface area contributed by atoms with E-state index < -0.39 is 0 Å². The average Bonchev–Trinajstić information content (AvgIpc) is 4.20. The predicted octanol–water partition coefficient (Wildman–Crippen LogP) is 20.1. The largest absolute Gasteiger partial charge is 0.354 e. The van der Waals surface area contributed by atoms with Gasteiger partial charge in [0.1, 0.15) is 0 Å². The molecule has 5 heterocycles. The van der Waals surface area contributed by atoms with Crippen molar-refractivity contribution in [3.05, 3.63) is 201 Å². The van der Waals surface area contributed by atoms with Crippen molar-refractivity contribution in [3.63, 3.8) is 0 Å². The van der Waals surface area contributed by atoms with E-state index in [0.717, 1.165) is 109 Å². The van der Waals surface area contributed by atoms with Crippen LogP contribution in [0.1, 0.15) is 153 Å². The smallest absolute Gasteiger partial charge is 0.0738 e. The number of allylic oxidation sites excluding steroid dienone is 3. The molecule has 2 N–H and O–H groups in total. The highest BCUT2D eigenvalue weighted by molar-refractivity contribution is 14.1. The number of H-pyrrole nitrogens is 2. The first-order valence-electron chi connectivity index (χ1n) is 26.6. The van der Waals surface area contributed by atoms with E-state index in [-0.39, 0.29) is 27.1 Å². The second-order valence-corrected chi connectivity index (χ2v) is 26.2.